The summed E-state index contributed by atoms with van der Waals surface area (Å²) in [6.45, 7) is 8.32. The molecule has 1 fully saturated rings. The first-order chi connectivity index (χ1) is 11.0. The van der Waals surface area contributed by atoms with Gasteiger partial charge in [-0.1, -0.05) is 13.8 Å². The summed E-state index contributed by atoms with van der Waals surface area (Å²) in [5.41, 5.74) is 1.03. The fourth-order valence-electron chi connectivity index (χ4n) is 3.31. The standard InChI is InChI=1S/C17H31N5S.HI/c1-6-18-16(20-14-8-12(2)7-13(3)9-14)19-10-15-11-23-17(21-15)22(4)5;/h11-14H,6-10H2,1-5H3,(H2,18,19,20);1H. The summed E-state index contributed by atoms with van der Waals surface area (Å²) >= 11 is 1.66. The van der Waals surface area contributed by atoms with Crippen LogP contribution in [0.1, 0.15) is 45.7 Å². The zero-order valence-corrected chi connectivity index (χ0v) is 18.6. The third-order valence-electron chi connectivity index (χ3n) is 4.18. The molecule has 0 amide bonds. The molecule has 0 bridgehead atoms. The van der Waals surface area contributed by atoms with Gasteiger partial charge in [-0.2, -0.15) is 0 Å². The Morgan fingerprint density at radius 1 is 1.29 bits per heavy atom. The number of hydrogen-bond acceptors (Lipinski definition) is 4. The Kier molecular flexibility index (Phi) is 9.33. The van der Waals surface area contributed by atoms with Crippen molar-refractivity contribution in [1.29, 1.82) is 0 Å². The van der Waals surface area contributed by atoms with Crippen LogP contribution >= 0.6 is 35.3 Å². The molecule has 2 atom stereocenters. The molecule has 2 unspecified atom stereocenters. The van der Waals surface area contributed by atoms with E-state index in [1.165, 1.54) is 19.3 Å². The molecule has 0 spiro atoms. The van der Waals surface area contributed by atoms with Gasteiger partial charge in [0.1, 0.15) is 0 Å². The quantitative estimate of drug-likeness (QED) is 0.396. The zero-order chi connectivity index (χ0) is 16.8. The third kappa shape index (κ3) is 6.74. The van der Waals surface area contributed by atoms with Crippen LogP contribution in [0.5, 0.6) is 0 Å². The first-order valence-corrected chi connectivity index (χ1v) is 9.52. The highest BCUT2D eigenvalue weighted by molar-refractivity contribution is 14.0. The molecule has 1 aromatic rings. The molecule has 1 heterocycles. The molecule has 2 rings (SSSR count). The fraction of sp³-hybridized carbons (Fsp3) is 0.765. The van der Waals surface area contributed by atoms with Crippen LogP contribution in [0, 0.1) is 11.8 Å². The number of thiazole rings is 1. The maximum atomic E-state index is 4.72. The van der Waals surface area contributed by atoms with Gasteiger partial charge < -0.3 is 15.5 Å². The number of rotatable bonds is 5. The van der Waals surface area contributed by atoms with Crippen LogP contribution in [0.3, 0.4) is 0 Å². The fourth-order valence-corrected chi connectivity index (χ4v) is 4.06. The number of guanidine groups is 1. The third-order valence-corrected chi connectivity index (χ3v) is 5.24. The molecular formula is C17H32IN5S. The molecule has 1 aliphatic carbocycles. The number of halogens is 1. The van der Waals surface area contributed by atoms with Crippen LogP contribution in [-0.2, 0) is 6.54 Å². The number of aliphatic imine (C=N–C) groups is 1. The van der Waals surface area contributed by atoms with Gasteiger partial charge in [0.25, 0.3) is 0 Å². The molecule has 0 saturated heterocycles. The number of anilines is 1. The van der Waals surface area contributed by atoms with E-state index in [9.17, 15) is 0 Å². The van der Waals surface area contributed by atoms with E-state index in [1.54, 1.807) is 11.3 Å². The summed E-state index contributed by atoms with van der Waals surface area (Å²) in [4.78, 5) is 11.3. The van der Waals surface area contributed by atoms with Crippen LogP contribution in [0.2, 0.25) is 0 Å². The van der Waals surface area contributed by atoms with Crippen molar-refractivity contribution in [2.75, 3.05) is 25.5 Å². The molecule has 1 saturated carbocycles. The normalized spacial score (nSPS) is 24.2. The Balaban J connectivity index is 0.00000288. The zero-order valence-electron chi connectivity index (χ0n) is 15.5. The number of nitrogens with zero attached hydrogens (tertiary/aromatic N) is 3. The first-order valence-electron chi connectivity index (χ1n) is 8.64. The van der Waals surface area contributed by atoms with Crippen LogP contribution in [-0.4, -0.2) is 37.6 Å². The molecule has 7 heteroatoms. The Hall–Kier alpha value is -0.570. The summed E-state index contributed by atoms with van der Waals surface area (Å²) in [7, 11) is 4.03. The second-order valence-electron chi connectivity index (χ2n) is 6.97. The van der Waals surface area contributed by atoms with Gasteiger partial charge >= 0.3 is 0 Å². The Morgan fingerprint density at radius 3 is 2.50 bits per heavy atom. The second kappa shape index (κ2) is 10.4. The van der Waals surface area contributed by atoms with E-state index in [0.29, 0.717) is 12.6 Å². The van der Waals surface area contributed by atoms with Crippen LogP contribution in [0.15, 0.2) is 10.4 Å². The predicted molar refractivity (Wildman–Crippen MR) is 116 cm³/mol. The van der Waals surface area contributed by atoms with Gasteiger partial charge in [0.05, 0.1) is 12.2 Å². The Morgan fingerprint density at radius 2 is 1.96 bits per heavy atom. The molecule has 0 radical (unpaired) electrons. The first kappa shape index (κ1) is 21.5. The predicted octanol–water partition coefficient (Wildman–Crippen LogP) is 3.71. The minimum absolute atomic E-state index is 0. The van der Waals surface area contributed by atoms with Crippen molar-refractivity contribution in [3.8, 4) is 0 Å². The largest absolute Gasteiger partial charge is 0.357 e. The minimum Gasteiger partial charge on any atom is -0.357 e. The van der Waals surface area contributed by atoms with Crippen LogP contribution < -0.4 is 15.5 Å². The van der Waals surface area contributed by atoms with Crippen molar-refractivity contribution in [1.82, 2.24) is 15.6 Å². The highest BCUT2D eigenvalue weighted by Crippen LogP contribution is 2.28. The van der Waals surface area contributed by atoms with E-state index < -0.39 is 0 Å². The van der Waals surface area contributed by atoms with Crippen molar-refractivity contribution < 1.29 is 0 Å². The van der Waals surface area contributed by atoms with E-state index >= 15 is 0 Å². The second-order valence-corrected chi connectivity index (χ2v) is 7.81. The number of aromatic nitrogens is 1. The van der Waals surface area contributed by atoms with Crippen molar-refractivity contribution in [2.24, 2.45) is 16.8 Å². The number of hydrogen-bond donors (Lipinski definition) is 2. The van der Waals surface area contributed by atoms with Gasteiger partial charge in [-0.05, 0) is 38.0 Å². The summed E-state index contributed by atoms with van der Waals surface area (Å²) in [5.74, 6) is 2.50. The molecule has 2 N–H and O–H groups in total. The molecule has 0 aliphatic heterocycles. The highest BCUT2D eigenvalue weighted by Gasteiger charge is 2.24. The summed E-state index contributed by atoms with van der Waals surface area (Å²) in [6, 6.07) is 0.527. The average molecular weight is 465 g/mol. The van der Waals surface area contributed by atoms with E-state index in [0.717, 1.165) is 35.2 Å². The lowest BCUT2D eigenvalue weighted by Crippen LogP contribution is -2.46. The summed E-state index contributed by atoms with van der Waals surface area (Å²) in [5, 5.41) is 10.1. The van der Waals surface area contributed by atoms with Gasteiger partial charge in [0.15, 0.2) is 11.1 Å². The molecule has 1 aliphatic rings. The lowest BCUT2D eigenvalue weighted by Gasteiger charge is -2.32. The van der Waals surface area contributed by atoms with Gasteiger partial charge in [-0.15, -0.1) is 35.3 Å². The van der Waals surface area contributed by atoms with Crippen molar-refractivity contribution in [3.05, 3.63) is 11.1 Å². The molecule has 24 heavy (non-hydrogen) atoms. The van der Waals surface area contributed by atoms with Gasteiger partial charge in [-0.3, -0.25) is 0 Å². The lowest BCUT2D eigenvalue weighted by molar-refractivity contribution is 0.255. The van der Waals surface area contributed by atoms with Crippen LogP contribution in [0.25, 0.3) is 0 Å². The molecule has 138 valence electrons. The van der Waals surface area contributed by atoms with E-state index in [1.807, 2.05) is 19.0 Å². The molecule has 5 nitrogen and oxygen atoms in total. The molecule has 1 aromatic heterocycles. The Labute approximate surface area is 167 Å². The minimum atomic E-state index is 0. The van der Waals surface area contributed by atoms with E-state index in [4.69, 9.17) is 4.99 Å². The maximum absolute atomic E-state index is 4.72. The number of nitrogens with one attached hydrogen (secondary N) is 2. The van der Waals surface area contributed by atoms with Gasteiger partial charge in [-0.25, -0.2) is 9.98 Å². The van der Waals surface area contributed by atoms with Crippen molar-refractivity contribution in [3.63, 3.8) is 0 Å². The van der Waals surface area contributed by atoms with Crippen LogP contribution in [0.4, 0.5) is 5.13 Å². The topological polar surface area (TPSA) is 52.6 Å². The van der Waals surface area contributed by atoms with Gasteiger partial charge in [0.2, 0.25) is 0 Å². The molecule has 0 aromatic carbocycles. The van der Waals surface area contributed by atoms with Gasteiger partial charge in [0, 0.05) is 32.1 Å². The smallest absolute Gasteiger partial charge is 0.191 e. The average Bonchev–Trinajstić information content (AvgIpc) is 2.93. The summed E-state index contributed by atoms with van der Waals surface area (Å²) < 4.78 is 0. The van der Waals surface area contributed by atoms with Crippen molar-refractivity contribution >= 4 is 46.4 Å². The highest BCUT2D eigenvalue weighted by atomic mass is 127. The maximum Gasteiger partial charge on any atom is 0.191 e. The SMILES string of the molecule is CCNC(=NCc1csc(N(C)C)n1)NC1CC(C)CC(C)C1.I. The van der Waals surface area contributed by atoms with E-state index in [2.05, 4.69) is 41.8 Å². The summed E-state index contributed by atoms with van der Waals surface area (Å²) in [6.07, 6.45) is 3.81. The molecular weight excluding hydrogens is 433 g/mol. The monoisotopic (exact) mass is 465 g/mol. The van der Waals surface area contributed by atoms with E-state index in [-0.39, 0.29) is 24.0 Å². The van der Waals surface area contributed by atoms with Crippen molar-refractivity contribution in [2.45, 2.75) is 52.6 Å². The Bertz CT molecular complexity index is 507. The lowest BCUT2D eigenvalue weighted by atomic mass is 9.80.